The Kier molecular flexibility index (Phi) is 5.24. The SMILES string of the molecule is C=Cc1ccccc1[Si](C)(C)N[Si](C)(C)c1ccccc1C=C. The van der Waals surface area contributed by atoms with Gasteiger partial charge in [-0.2, -0.15) is 0 Å². The molecule has 0 spiro atoms. The van der Waals surface area contributed by atoms with Gasteiger partial charge in [0.25, 0.3) is 0 Å². The molecule has 2 aromatic rings. The van der Waals surface area contributed by atoms with Gasteiger partial charge in [-0.3, -0.25) is 0 Å². The molecule has 1 nitrogen and oxygen atoms in total. The Morgan fingerprint density at radius 1 is 0.696 bits per heavy atom. The minimum absolute atomic E-state index is 1.25. The second kappa shape index (κ2) is 6.83. The molecule has 0 saturated heterocycles. The quantitative estimate of drug-likeness (QED) is 0.783. The molecule has 0 aliphatic rings. The summed E-state index contributed by atoms with van der Waals surface area (Å²) in [4.78, 5) is 0. The van der Waals surface area contributed by atoms with Crippen LogP contribution in [0.25, 0.3) is 12.2 Å². The van der Waals surface area contributed by atoms with E-state index in [9.17, 15) is 0 Å². The fourth-order valence-electron chi connectivity index (χ4n) is 3.40. The van der Waals surface area contributed by atoms with Crippen LogP contribution in [0.3, 0.4) is 0 Å². The van der Waals surface area contributed by atoms with Gasteiger partial charge in [-0.15, -0.1) is 0 Å². The highest BCUT2D eigenvalue weighted by Crippen LogP contribution is 2.12. The van der Waals surface area contributed by atoms with Gasteiger partial charge in [0.1, 0.15) is 16.5 Å². The Hall–Kier alpha value is -1.69. The standard InChI is InChI=1S/C20H27NSi2/c1-7-17-13-9-11-15-19(17)22(3,4)21-23(5,6)20-16-12-10-14-18(20)8-2/h7-16,21H,1-2H2,3-6H3. The number of hydrogen-bond donors (Lipinski definition) is 1. The molecule has 0 aromatic heterocycles. The lowest BCUT2D eigenvalue weighted by Crippen LogP contribution is -2.70. The monoisotopic (exact) mass is 337 g/mol. The zero-order valence-corrected chi connectivity index (χ0v) is 16.7. The third kappa shape index (κ3) is 3.81. The molecular formula is C20H27NSi2. The summed E-state index contributed by atoms with van der Waals surface area (Å²) in [6.07, 6.45) is 3.94. The Morgan fingerprint density at radius 2 is 1.04 bits per heavy atom. The van der Waals surface area contributed by atoms with E-state index in [4.69, 9.17) is 0 Å². The topological polar surface area (TPSA) is 12.0 Å². The molecule has 23 heavy (non-hydrogen) atoms. The van der Waals surface area contributed by atoms with Gasteiger partial charge >= 0.3 is 0 Å². The number of benzene rings is 2. The third-order valence-electron chi connectivity index (χ3n) is 4.33. The lowest BCUT2D eigenvalue weighted by molar-refractivity contribution is 1.34. The van der Waals surface area contributed by atoms with E-state index >= 15 is 0 Å². The maximum Gasteiger partial charge on any atom is 0.146 e. The molecule has 0 fully saturated rings. The summed E-state index contributed by atoms with van der Waals surface area (Å²) in [5, 5.41) is 2.85. The minimum atomic E-state index is -1.79. The molecule has 0 amide bonds. The van der Waals surface area contributed by atoms with Crippen molar-refractivity contribution in [3.63, 3.8) is 0 Å². The van der Waals surface area contributed by atoms with Crippen LogP contribution < -0.4 is 15.0 Å². The van der Waals surface area contributed by atoms with E-state index in [1.54, 1.807) is 0 Å². The largest absolute Gasteiger partial charge is 0.352 e. The number of nitrogens with one attached hydrogen (secondary N) is 1. The molecule has 0 bridgehead atoms. The average molecular weight is 338 g/mol. The van der Waals surface area contributed by atoms with Gasteiger partial charge in [-0.1, -0.05) is 100 Å². The van der Waals surface area contributed by atoms with Gasteiger partial charge in [-0.05, 0) is 21.5 Å². The molecule has 0 aliphatic carbocycles. The summed E-state index contributed by atoms with van der Waals surface area (Å²) in [6.45, 7) is 17.5. The van der Waals surface area contributed by atoms with E-state index in [0.29, 0.717) is 0 Å². The van der Waals surface area contributed by atoms with Crippen LogP contribution in [-0.4, -0.2) is 16.5 Å². The molecule has 0 radical (unpaired) electrons. The van der Waals surface area contributed by atoms with E-state index in [0.717, 1.165) is 0 Å². The molecule has 2 aromatic carbocycles. The average Bonchev–Trinajstić information content (AvgIpc) is 2.53. The Balaban J connectivity index is 2.42. The van der Waals surface area contributed by atoms with Crippen molar-refractivity contribution < 1.29 is 0 Å². The predicted octanol–water partition coefficient (Wildman–Crippen LogP) is 4.09. The lowest BCUT2D eigenvalue weighted by atomic mass is 10.2. The van der Waals surface area contributed by atoms with Gasteiger partial charge < -0.3 is 4.65 Å². The summed E-state index contributed by atoms with van der Waals surface area (Å²) in [7, 11) is -3.59. The Labute approximate surface area is 143 Å². The zero-order valence-electron chi connectivity index (χ0n) is 14.7. The van der Waals surface area contributed by atoms with Gasteiger partial charge in [0.2, 0.25) is 0 Å². The van der Waals surface area contributed by atoms with Crippen molar-refractivity contribution in [2.75, 3.05) is 0 Å². The highest BCUT2D eigenvalue weighted by Gasteiger charge is 2.35. The van der Waals surface area contributed by atoms with Gasteiger partial charge in [-0.25, -0.2) is 0 Å². The summed E-state index contributed by atoms with van der Waals surface area (Å²) in [6, 6.07) is 17.2. The van der Waals surface area contributed by atoms with Crippen LogP contribution in [0.2, 0.25) is 26.2 Å². The maximum atomic E-state index is 4.10. The highest BCUT2D eigenvalue weighted by atomic mass is 28.4. The number of rotatable bonds is 6. The van der Waals surface area contributed by atoms with E-state index in [1.165, 1.54) is 21.5 Å². The van der Waals surface area contributed by atoms with Gasteiger partial charge in [0, 0.05) is 0 Å². The molecule has 120 valence electrons. The highest BCUT2D eigenvalue weighted by molar-refractivity contribution is 7.03. The summed E-state index contributed by atoms with van der Waals surface area (Å²) in [5.74, 6) is 0. The van der Waals surface area contributed by atoms with E-state index in [-0.39, 0.29) is 0 Å². The molecule has 0 heterocycles. The summed E-state index contributed by atoms with van der Waals surface area (Å²) in [5.41, 5.74) is 2.50. The first-order valence-corrected chi connectivity index (χ1v) is 14.0. The van der Waals surface area contributed by atoms with Crippen molar-refractivity contribution in [3.05, 3.63) is 72.8 Å². The first-order chi connectivity index (χ1) is 10.8. The van der Waals surface area contributed by atoms with Crippen molar-refractivity contribution in [1.82, 2.24) is 4.65 Å². The fraction of sp³-hybridized carbons (Fsp3) is 0.200. The van der Waals surface area contributed by atoms with E-state index in [1.807, 2.05) is 12.2 Å². The van der Waals surface area contributed by atoms with Crippen LogP contribution >= 0.6 is 0 Å². The summed E-state index contributed by atoms with van der Waals surface area (Å²) >= 11 is 0. The fourth-order valence-corrected chi connectivity index (χ4v) is 13.6. The van der Waals surface area contributed by atoms with Crippen LogP contribution in [0.1, 0.15) is 11.1 Å². The van der Waals surface area contributed by atoms with Gasteiger partial charge in [0.05, 0.1) is 0 Å². The molecule has 2 rings (SSSR count). The summed E-state index contributed by atoms with van der Waals surface area (Å²) < 4.78 is 4.10. The van der Waals surface area contributed by atoms with Crippen LogP contribution in [-0.2, 0) is 0 Å². The lowest BCUT2D eigenvalue weighted by Gasteiger charge is -2.36. The van der Waals surface area contributed by atoms with Crippen LogP contribution in [0, 0.1) is 0 Å². The van der Waals surface area contributed by atoms with Crippen molar-refractivity contribution >= 4 is 39.0 Å². The first-order valence-electron chi connectivity index (χ1n) is 8.05. The molecule has 0 atom stereocenters. The molecule has 1 N–H and O–H groups in total. The van der Waals surface area contributed by atoms with E-state index < -0.39 is 16.5 Å². The maximum absolute atomic E-state index is 4.10. The van der Waals surface area contributed by atoms with Crippen molar-refractivity contribution in [1.29, 1.82) is 0 Å². The van der Waals surface area contributed by atoms with Crippen molar-refractivity contribution in [2.45, 2.75) is 26.2 Å². The van der Waals surface area contributed by atoms with Crippen LogP contribution in [0.4, 0.5) is 0 Å². The van der Waals surface area contributed by atoms with Crippen LogP contribution in [0.5, 0.6) is 0 Å². The molecule has 0 aliphatic heterocycles. The van der Waals surface area contributed by atoms with Gasteiger partial charge in [0.15, 0.2) is 0 Å². The Bertz CT molecular complexity index is 656. The second-order valence-corrected chi connectivity index (χ2v) is 15.5. The molecule has 3 heteroatoms. The second-order valence-electron chi connectivity index (χ2n) is 6.96. The van der Waals surface area contributed by atoms with Crippen molar-refractivity contribution in [2.24, 2.45) is 0 Å². The first kappa shape index (κ1) is 17.7. The predicted molar refractivity (Wildman–Crippen MR) is 110 cm³/mol. The minimum Gasteiger partial charge on any atom is -0.352 e. The normalized spacial score (nSPS) is 12.0. The smallest absolute Gasteiger partial charge is 0.146 e. The molecule has 0 unspecified atom stereocenters. The molecular weight excluding hydrogens is 310 g/mol. The van der Waals surface area contributed by atoms with Crippen molar-refractivity contribution in [3.8, 4) is 0 Å². The van der Waals surface area contributed by atoms with E-state index in [2.05, 4.69) is 92.5 Å². The third-order valence-corrected chi connectivity index (χ3v) is 12.9. The Morgan fingerprint density at radius 3 is 1.39 bits per heavy atom. The number of hydrogen-bond acceptors (Lipinski definition) is 1. The zero-order chi connectivity index (χ0) is 17.1. The molecule has 0 saturated carbocycles. The van der Waals surface area contributed by atoms with Crippen LogP contribution in [0.15, 0.2) is 61.7 Å².